The van der Waals surface area contributed by atoms with E-state index in [-0.39, 0.29) is 17.5 Å². The fraction of sp³-hybridized carbons (Fsp3) is 0.552. The highest BCUT2D eigenvalue weighted by molar-refractivity contribution is 5.76. The summed E-state index contributed by atoms with van der Waals surface area (Å²) in [7, 11) is 3.43. The SMILES string of the molecule is Cc1cc(F)ccc1[C@@H]1[C@@H](CN2CCN(C)CC2)CCN1C(=O)N(C)[C@@H](C)c1cc(C(F)(F)F)cc(C(F)(F)F)c1. The molecule has 41 heavy (non-hydrogen) atoms. The van der Waals surface area contributed by atoms with E-state index in [2.05, 4.69) is 16.8 Å². The van der Waals surface area contributed by atoms with Crippen LogP contribution in [-0.2, 0) is 12.4 Å². The minimum Gasteiger partial charge on any atom is -0.321 e. The summed E-state index contributed by atoms with van der Waals surface area (Å²) in [5, 5.41) is 0. The molecule has 0 aromatic heterocycles. The van der Waals surface area contributed by atoms with Crippen LogP contribution in [-0.4, -0.2) is 79.0 Å². The number of carbonyl (C=O) groups excluding carboxylic acids is 1. The van der Waals surface area contributed by atoms with Crippen molar-refractivity contribution in [2.75, 3.05) is 53.4 Å². The van der Waals surface area contributed by atoms with Gasteiger partial charge in [-0.15, -0.1) is 0 Å². The summed E-state index contributed by atoms with van der Waals surface area (Å²) in [5.74, 6) is -0.394. The molecule has 0 unspecified atom stereocenters. The Morgan fingerprint density at radius 1 is 0.951 bits per heavy atom. The Labute approximate surface area is 235 Å². The molecule has 4 rings (SSSR count). The van der Waals surface area contributed by atoms with Gasteiger partial charge in [0.1, 0.15) is 5.82 Å². The van der Waals surface area contributed by atoms with Crippen LogP contribution >= 0.6 is 0 Å². The van der Waals surface area contributed by atoms with Gasteiger partial charge < -0.3 is 19.6 Å². The van der Waals surface area contributed by atoms with Crippen LogP contribution < -0.4 is 0 Å². The van der Waals surface area contributed by atoms with Crippen LogP contribution in [0.1, 0.15) is 53.2 Å². The number of urea groups is 1. The van der Waals surface area contributed by atoms with Gasteiger partial charge in [0.05, 0.1) is 23.2 Å². The number of nitrogens with zero attached hydrogens (tertiary/aromatic N) is 4. The Kier molecular flexibility index (Phi) is 8.94. The molecule has 2 amide bonds. The molecule has 2 saturated heterocycles. The zero-order chi connectivity index (χ0) is 30.3. The highest BCUT2D eigenvalue weighted by atomic mass is 19.4. The van der Waals surface area contributed by atoms with Gasteiger partial charge in [0.15, 0.2) is 0 Å². The third-order valence-electron chi connectivity index (χ3n) is 8.38. The second-order valence-electron chi connectivity index (χ2n) is 11.2. The van der Waals surface area contributed by atoms with E-state index in [1.807, 2.05) is 0 Å². The van der Waals surface area contributed by atoms with Crippen LogP contribution in [0.5, 0.6) is 0 Å². The minimum atomic E-state index is -4.99. The van der Waals surface area contributed by atoms with Crippen LogP contribution in [0.3, 0.4) is 0 Å². The number of alkyl halides is 6. The monoisotopic (exact) mass is 588 g/mol. The van der Waals surface area contributed by atoms with Gasteiger partial charge in [0.2, 0.25) is 0 Å². The summed E-state index contributed by atoms with van der Waals surface area (Å²) < 4.78 is 94.9. The first-order valence-electron chi connectivity index (χ1n) is 13.6. The molecule has 2 aromatic carbocycles. The summed E-state index contributed by atoms with van der Waals surface area (Å²) in [6.45, 7) is 7.78. The number of likely N-dealkylation sites (N-methyl/N-ethyl adjacent to an activating group) is 1. The molecule has 0 aliphatic carbocycles. The Balaban J connectivity index is 1.64. The van der Waals surface area contributed by atoms with Crippen molar-refractivity contribution in [3.8, 4) is 0 Å². The standard InChI is InChI=1S/C29H35F7N4O/c1-18-13-24(30)5-6-25(18)26-20(17-39-11-9-37(3)10-12-39)7-8-40(26)27(41)38(4)19(2)21-14-22(28(31,32)33)16-23(15-21)29(34,35)36/h5-6,13-16,19-20,26H,7-12,17H2,1-4H3/t19-,20+,26-/m0/s1. The third-order valence-corrected chi connectivity index (χ3v) is 8.38. The van der Waals surface area contributed by atoms with Gasteiger partial charge in [-0.3, -0.25) is 0 Å². The number of amides is 2. The number of carbonyl (C=O) groups is 1. The molecule has 2 aliphatic heterocycles. The average molecular weight is 589 g/mol. The number of rotatable bonds is 5. The lowest BCUT2D eigenvalue weighted by Crippen LogP contribution is -2.47. The number of likely N-dealkylation sites (tertiary alicyclic amines) is 1. The number of hydrogen-bond acceptors (Lipinski definition) is 3. The van der Waals surface area contributed by atoms with Gasteiger partial charge in [0.25, 0.3) is 0 Å². The van der Waals surface area contributed by atoms with Crippen molar-refractivity contribution in [2.45, 2.75) is 44.7 Å². The number of aryl methyl sites for hydroxylation is 1. The number of benzene rings is 2. The maximum Gasteiger partial charge on any atom is 0.416 e. The quantitative estimate of drug-likeness (QED) is 0.369. The van der Waals surface area contributed by atoms with E-state index in [9.17, 15) is 35.5 Å². The molecular formula is C29H35F7N4O. The molecule has 2 fully saturated rings. The molecule has 5 nitrogen and oxygen atoms in total. The van der Waals surface area contributed by atoms with Gasteiger partial charge in [-0.25, -0.2) is 9.18 Å². The van der Waals surface area contributed by atoms with Gasteiger partial charge in [-0.2, -0.15) is 26.3 Å². The second kappa shape index (κ2) is 11.8. The van der Waals surface area contributed by atoms with Crippen LogP contribution in [0, 0.1) is 18.7 Å². The smallest absolute Gasteiger partial charge is 0.321 e. The molecule has 226 valence electrons. The van der Waals surface area contributed by atoms with Gasteiger partial charge >= 0.3 is 18.4 Å². The maximum atomic E-state index is 14.0. The molecule has 0 radical (unpaired) electrons. The Hall–Kier alpha value is -2.86. The highest BCUT2D eigenvalue weighted by Crippen LogP contribution is 2.42. The fourth-order valence-electron chi connectivity index (χ4n) is 5.83. The third kappa shape index (κ3) is 6.97. The summed E-state index contributed by atoms with van der Waals surface area (Å²) in [5.41, 5.74) is -1.69. The highest BCUT2D eigenvalue weighted by Gasteiger charge is 2.42. The van der Waals surface area contributed by atoms with E-state index in [0.717, 1.165) is 31.7 Å². The zero-order valence-electron chi connectivity index (χ0n) is 23.5. The lowest BCUT2D eigenvalue weighted by Gasteiger charge is -2.38. The van der Waals surface area contributed by atoms with Crippen molar-refractivity contribution in [3.63, 3.8) is 0 Å². The van der Waals surface area contributed by atoms with E-state index >= 15 is 0 Å². The molecule has 0 bridgehead atoms. The topological polar surface area (TPSA) is 30.0 Å². The minimum absolute atomic E-state index is 0.0145. The van der Waals surface area contributed by atoms with Crippen LogP contribution in [0.4, 0.5) is 35.5 Å². The lowest BCUT2D eigenvalue weighted by molar-refractivity contribution is -0.143. The predicted octanol–water partition coefficient (Wildman–Crippen LogP) is 6.60. The molecule has 12 heteroatoms. The average Bonchev–Trinajstić information content (AvgIpc) is 3.30. The first-order chi connectivity index (χ1) is 19.1. The molecular weight excluding hydrogens is 553 g/mol. The predicted molar refractivity (Wildman–Crippen MR) is 141 cm³/mol. The van der Waals surface area contributed by atoms with E-state index in [1.54, 1.807) is 17.9 Å². The summed E-state index contributed by atoms with van der Waals surface area (Å²) >= 11 is 0. The molecule has 2 aliphatic rings. The van der Waals surface area contributed by atoms with Gasteiger partial charge in [-0.1, -0.05) is 6.07 Å². The Morgan fingerprint density at radius 3 is 2.07 bits per heavy atom. The molecule has 0 N–H and O–H groups in total. The van der Waals surface area contributed by atoms with Crippen molar-refractivity contribution >= 4 is 6.03 Å². The summed E-state index contributed by atoms with van der Waals surface area (Å²) in [4.78, 5) is 21.2. The molecule has 0 spiro atoms. The van der Waals surface area contributed by atoms with Crippen LogP contribution in [0.15, 0.2) is 36.4 Å². The molecule has 2 aromatic rings. The lowest BCUT2D eigenvalue weighted by atomic mass is 9.90. The van der Waals surface area contributed by atoms with E-state index < -0.39 is 47.4 Å². The summed E-state index contributed by atoms with van der Waals surface area (Å²) in [6, 6.07) is 3.76. The molecule has 0 saturated carbocycles. The van der Waals surface area contributed by atoms with E-state index in [0.29, 0.717) is 37.2 Å². The van der Waals surface area contributed by atoms with Crippen LogP contribution in [0.25, 0.3) is 0 Å². The van der Waals surface area contributed by atoms with E-state index in [4.69, 9.17) is 0 Å². The number of piperazine rings is 1. The van der Waals surface area contributed by atoms with E-state index in [1.165, 1.54) is 31.0 Å². The van der Waals surface area contributed by atoms with Crippen LogP contribution in [0.2, 0.25) is 0 Å². The van der Waals surface area contributed by atoms with Crippen molar-refractivity contribution < 1.29 is 35.5 Å². The van der Waals surface area contributed by atoms with Crippen molar-refractivity contribution in [1.82, 2.24) is 19.6 Å². The largest absolute Gasteiger partial charge is 0.416 e. The normalized spacial score (nSPS) is 21.8. The van der Waals surface area contributed by atoms with Crippen molar-refractivity contribution in [1.29, 1.82) is 0 Å². The maximum absolute atomic E-state index is 14.0. The Bertz CT molecular complexity index is 1210. The zero-order valence-corrected chi connectivity index (χ0v) is 23.5. The van der Waals surface area contributed by atoms with Crippen molar-refractivity contribution in [3.05, 3.63) is 70.0 Å². The fourth-order valence-corrected chi connectivity index (χ4v) is 5.83. The summed E-state index contributed by atoms with van der Waals surface area (Å²) in [6.07, 6.45) is -9.33. The van der Waals surface area contributed by atoms with Gasteiger partial charge in [-0.05, 0) is 80.3 Å². The first kappa shape index (κ1) is 31.1. The molecule has 2 heterocycles. The molecule has 3 atom stereocenters. The van der Waals surface area contributed by atoms with Crippen molar-refractivity contribution in [2.24, 2.45) is 5.92 Å². The van der Waals surface area contributed by atoms with Gasteiger partial charge in [0, 0.05) is 46.3 Å². The number of halogens is 7. The Morgan fingerprint density at radius 2 is 1.54 bits per heavy atom. The second-order valence-corrected chi connectivity index (χ2v) is 11.2. The first-order valence-corrected chi connectivity index (χ1v) is 13.6. The number of hydrogen-bond donors (Lipinski definition) is 0.